The van der Waals surface area contributed by atoms with E-state index < -0.39 is 11.8 Å². The van der Waals surface area contributed by atoms with Crippen molar-refractivity contribution in [1.82, 2.24) is 0 Å². The molecule has 0 aliphatic heterocycles. The molecule has 32 heavy (non-hydrogen) atoms. The molecule has 0 heterocycles. The molecular formula is C28H26F2O2. The van der Waals surface area contributed by atoms with Crippen molar-refractivity contribution >= 4 is 16.7 Å². The Hall–Kier alpha value is -3.19. The van der Waals surface area contributed by atoms with Crippen LogP contribution < -0.4 is 4.74 Å². The predicted molar refractivity (Wildman–Crippen MR) is 122 cm³/mol. The van der Waals surface area contributed by atoms with Crippen LogP contribution in [0.2, 0.25) is 0 Å². The van der Waals surface area contributed by atoms with E-state index in [0.717, 1.165) is 18.8 Å². The van der Waals surface area contributed by atoms with Gasteiger partial charge in [0.25, 0.3) is 0 Å². The van der Waals surface area contributed by atoms with Gasteiger partial charge in [0.15, 0.2) is 0 Å². The molecule has 4 heteroatoms. The molecule has 1 aliphatic rings. The van der Waals surface area contributed by atoms with Gasteiger partial charge in [-0.25, -0.2) is 13.6 Å². The van der Waals surface area contributed by atoms with Crippen molar-refractivity contribution in [1.29, 1.82) is 0 Å². The summed E-state index contributed by atoms with van der Waals surface area (Å²) in [4.78, 5) is 12.5. The van der Waals surface area contributed by atoms with Gasteiger partial charge in [0.05, 0.1) is 5.56 Å². The summed E-state index contributed by atoms with van der Waals surface area (Å²) in [5, 5.41) is 1.03. The lowest BCUT2D eigenvalue weighted by molar-refractivity contribution is 0.0730. The Labute approximate surface area is 187 Å². The lowest BCUT2D eigenvalue weighted by atomic mass is 9.80. The molecule has 4 rings (SSSR count). The van der Waals surface area contributed by atoms with E-state index >= 15 is 0 Å². The molecule has 0 radical (unpaired) electrons. The summed E-state index contributed by atoms with van der Waals surface area (Å²) in [5.74, 6) is 5.93. The van der Waals surface area contributed by atoms with Crippen molar-refractivity contribution in [2.75, 3.05) is 0 Å². The smallest absolute Gasteiger partial charge is 0.346 e. The van der Waals surface area contributed by atoms with E-state index in [9.17, 15) is 13.6 Å². The number of carbonyl (C=O) groups excluding carboxylic acids is 1. The van der Waals surface area contributed by atoms with Gasteiger partial charge in [-0.3, -0.25) is 0 Å². The second-order valence-corrected chi connectivity index (χ2v) is 8.48. The molecule has 0 saturated heterocycles. The maximum Gasteiger partial charge on any atom is 0.346 e. The van der Waals surface area contributed by atoms with E-state index in [1.807, 2.05) is 0 Å². The van der Waals surface area contributed by atoms with Gasteiger partial charge >= 0.3 is 5.97 Å². The second-order valence-electron chi connectivity index (χ2n) is 8.48. The maximum atomic E-state index is 14.6. The van der Waals surface area contributed by atoms with Crippen LogP contribution in [0.4, 0.5) is 8.78 Å². The number of carbonyl (C=O) groups is 1. The molecule has 3 aromatic carbocycles. The van der Waals surface area contributed by atoms with E-state index in [-0.39, 0.29) is 17.1 Å². The minimum Gasteiger partial charge on any atom is -0.423 e. The quantitative estimate of drug-likeness (QED) is 0.246. The third kappa shape index (κ3) is 5.16. The number of rotatable bonds is 4. The first-order chi connectivity index (χ1) is 15.5. The molecule has 0 aromatic heterocycles. The molecule has 0 N–H and O–H groups in total. The van der Waals surface area contributed by atoms with Crippen LogP contribution in [0.25, 0.3) is 10.8 Å². The molecule has 0 unspecified atom stereocenters. The molecule has 1 aliphatic carbocycles. The summed E-state index contributed by atoms with van der Waals surface area (Å²) in [5.41, 5.74) is 0.394. The Balaban J connectivity index is 1.42. The van der Waals surface area contributed by atoms with Crippen LogP contribution >= 0.6 is 0 Å². The van der Waals surface area contributed by atoms with Crippen molar-refractivity contribution in [3.63, 3.8) is 0 Å². The van der Waals surface area contributed by atoms with Gasteiger partial charge in [0, 0.05) is 16.9 Å². The third-order valence-electron chi connectivity index (χ3n) is 6.16. The largest absolute Gasteiger partial charge is 0.423 e. The molecule has 0 atom stereocenters. The first kappa shape index (κ1) is 22.0. The number of hydrogen-bond acceptors (Lipinski definition) is 2. The zero-order chi connectivity index (χ0) is 22.5. The minimum absolute atomic E-state index is 0.157. The highest BCUT2D eigenvalue weighted by atomic mass is 19.1. The lowest BCUT2D eigenvalue weighted by Crippen LogP contribution is -2.13. The van der Waals surface area contributed by atoms with Crippen LogP contribution in [-0.2, 0) is 0 Å². The van der Waals surface area contributed by atoms with Crippen LogP contribution in [0.1, 0.15) is 61.4 Å². The zero-order valence-corrected chi connectivity index (χ0v) is 18.2. The Morgan fingerprint density at radius 1 is 1.00 bits per heavy atom. The van der Waals surface area contributed by atoms with Gasteiger partial charge in [-0.2, -0.15) is 0 Å². The molecule has 0 amide bonds. The van der Waals surface area contributed by atoms with E-state index in [1.165, 1.54) is 56.0 Å². The Bertz CT molecular complexity index is 1180. The Morgan fingerprint density at radius 3 is 2.56 bits per heavy atom. The molecule has 164 valence electrons. The summed E-state index contributed by atoms with van der Waals surface area (Å²) >= 11 is 0. The number of esters is 1. The fraction of sp³-hybridized carbons (Fsp3) is 0.321. The Morgan fingerprint density at radius 2 is 1.81 bits per heavy atom. The molecule has 1 fully saturated rings. The SMILES string of the molecule is CCCC1CCC(C#Cc2ccc(C(=O)Oc3ccc4c(F)cccc4c3)c(F)c2)CC1. The molecule has 2 nitrogen and oxygen atoms in total. The summed E-state index contributed by atoms with van der Waals surface area (Å²) in [6.45, 7) is 2.23. The highest BCUT2D eigenvalue weighted by Gasteiger charge is 2.19. The molecule has 3 aromatic rings. The van der Waals surface area contributed by atoms with Crippen molar-refractivity contribution in [2.45, 2.75) is 45.4 Å². The van der Waals surface area contributed by atoms with Gasteiger partial charge in [0.1, 0.15) is 17.4 Å². The fourth-order valence-corrected chi connectivity index (χ4v) is 4.40. The van der Waals surface area contributed by atoms with Crippen LogP contribution in [0.15, 0.2) is 54.6 Å². The fourth-order valence-electron chi connectivity index (χ4n) is 4.40. The van der Waals surface area contributed by atoms with Crippen molar-refractivity contribution in [3.8, 4) is 17.6 Å². The standard InChI is InChI=1S/C28H26F2O2/c1-2-4-19-7-9-20(10-8-19)11-12-21-13-15-25(27(30)17-21)28(31)32-23-14-16-24-22(18-23)5-3-6-26(24)29/h3,5-6,13-20H,2,4,7-10H2,1H3. The highest BCUT2D eigenvalue weighted by molar-refractivity contribution is 5.92. The zero-order valence-electron chi connectivity index (χ0n) is 18.2. The van der Waals surface area contributed by atoms with E-state index in [1.54, 1.807) is 24.3 Å². The maximum absolute atomic E-state index is 14.6. The van der Waals surface area contributed by atoms with Gasteiger partial charge in [-0.1, -0.05) is 43.7 Å². The van der Waals surface area contributed by atoms with Crippen LogP contribution in [0, 0.1) is 35.3 Å². The first-order valence-electron chi connectivity index (χ1n) is 11.2. The molecular weight excluding hydrogens is 406 g/mol. The normalized spacial score (nSPS) is 18.1. The van der Waals surface area contributed by atoms with Crippen LogP contribution in [-0.4, -0.2) is 5.97 Å². The van der Waals surface area contributed by atoms with E-state index in [2.05, 4.69) is 18.8 Å². The predicted octanol–water partition coefficient (Wildman–Crippen LogP) is 7.30. The molecule has 0 bridgehead atoms. The minimum atomic E-state index is -0.799. The number of benzene rings is 3. The van der Waals surface area contributed by atoms with Crippen LogP contribution in [0.5, 0.6) is 5.75 Å². The van der Waals surface area contributed by atoms with Crippen molar-refractivity contribution in [2.24, 2.45) is 11.8 Å². The average molecular weight is 433 g/mol. The molecule has 1 saturated carbocycles. The van der Waals surface area contributed by atoms with E-state index in [0.29, 0.717) is 22.3 Å². The summed E-state index contributed by atoms with van der Waals surface area (Å²) in [7, 11) is 0. The molecule has 0 spiro atoms. The van der Waals surface area contributed by atoms with Gasteiger partial charge in [0.2, 0.25) is 0 Å². The van der Waals surface area contributed by atoms with Crippen molar-refractivity contribution < 1.29 is 18.3 Å². The summed E-state index contributed by atoms with van der Waals surface area (Å²) in [6, 6.07) is 13.6. The number of fused-ring (bicyclic) bond motifs is 1. The van der Waals surface area contributed by atoms with Gasteiger partial charge in [-0.05, 0) is 79.5 Å². The van der Waals surface area contributed by atoms with Crippen molar-refractivity contribution in [3.05, 3.63) is 77.4 Å². The van der Waals surface area contributed by atoms with Gasteiger partial charge < -0.3 is 4.74 Å². The monoisotopic (exact) mass is 432 g/mol. The summed E-state index contributed by atoms with van der Waals surface area (Å²) < 4.78 is 33.7. The van der Waals surface area contributed by atoms with E-state index in [4.69, 9.17) is 4.74 Å². The number of ether oxygens (including phenoxy) is 1. The Kier molecular flexibility index (Phi) is 6.85. The summed E-state index contributed by atoms with van der Waals surface area (Å²) in [6.07, 6.45) is 7.15. The number of halogens is 2. The first-order valence-corrected chi connectivity index (χ1v) is 11.2. The third-order valence-corrected chi connectivity index (χ3v) is 6.16. The average Bonchev–Trinajstić information content (AvgIpc) is 2.79. The second kappa shape index (κ2) is 9.96. The topological polar surface area (TPSA) is 26.3 Å². The van der Waals surface area contributed by atoms with Crippen LogP contribution in [0.3, 0.4) is 0 Å². The lowest BCUT2D eigenvalue weighted by Gasteiger charge is -2.25. The number of hydrogen-bond donors (Lipinski definition) is 0. The van der Waals surface area contributed by atoms with Gasteiger partial charge in [-0.15, -0.1) is 0 Å². The highest BCUT2D eigenvalue weighted by Crippen LogP contribution is 2.31.